The summed E-state index contributed by atoms with van der Waals surface area (Å²) in [5.41, 5.74) is 12.1. The van der Waals surface area contributed by atoms with E-state index in [1.165, 1.54) is 39.1 Å². The highest BCUT2D eigenvalue weighted by atomic mass is 15.1. The van der Waals surface area contributed by atoms with Gasteiger partial charge in [0.1, 0.15) is 0 Å². The van der Waals surface area contributed by atoms with Crippen molar-refractivity contribution < 1.29 is 0 Å². The normalized spacial score (nSPS) is 13.1. The molecule has 0 unspecified atom stereocenters. The quantitative estimate of drug-likeness (QED) is 0.388. The van der Waals surface area contributed by atoms with Crippen LogP contribution in [0.15, 0.2) is 84.9 Å². The maximum Gasteiger partial charge on any atom is 0.0998 e. The minimum Gasteiger partial charge on any atom is -0.362 e. The Morgan fingerprint density at radius 2 is 1.28 bits per heavy atom. The molecule has 0 bridgehead atoms. The molecule has 0 aromatic heterocycles. The fourth-order valence-electron chi connectivity index (χ4n) is 4.83. The zero-order valence-corrected chi connectivity index (χ0v) is 15.9. The van der Waals surface area contributed by atoms with Crippen LogP contribution in [0.4, 0.5) is 5.69 Å². The molecule has 136 valence electrons. The number of hydrogen-bond acceptors (Lipinski definition) is 2. The van der Waals surface area contributed by atoms with E-state index in [1.54, 1.807) is 0 Å². The summed E-state index contributed by atoms with van der Waals surface area (Å²) in [6, 6.07) is 32.2. The maximum absolute atomic E-state index is 9.52. The fourth-order valence-corrected chi connectivity index (χ4v) is 4.83. The molecule has 29 heavy (non-hydrogen) atoms. The van der Waals surface area contributed by atoms with E-state index in [4.69, 9.17) is 0 Å². The smallest absolute Gasteiger partial charge is 0.0998 e. The number of nitrogens with zero attached hydrogens (tertiary/aromatic N) is 2. The molecule has 0 saturated heterocycles. The van der Waals surface area contributed by atoms with E-state index in [0.717, 1.165) is 24.2 Å². The lowest BCUT2D eigenvalue weighted by Crippen LogP contribution is -2.29. The first-order valence-corrected chi connectivity index (χ1v) is 9.92. The Bertz CT molecular complexity index is 1330. The summed E-state index contributed by atoms with van der Waals surface area (Å²) in [7, 11) is 0. The standard InChI is InChI=1S/C27H18N2/c28-15-19-6-1-3-8-22(19)18-12-13-21-17-29-16-20-7-2-4-9-23(20)24-10-5-11-25(27(24)29)26(21)14-18/h1-14H,16-17H2. The largest absolute Gasteiger partial charge is 0.362 e. The molecule has 0 spiro atoms. The van der Waals surface area contributed by atoms with Crippen molar-refractivity contribution in [2.45, 2.75) is 13.1 Å². The number of nitriles is 1. The van der Waals surface area contributed by atoms with Gasteiger partial charge in [0.05, 0.1) is 17.3 Å². The number of fused-ring (bicyclic) bond motifs is 4. The van der Waals surface area contributed by atoms with Crippen LogP contribution in [0.1, 0.15) is 16.7 Å². The van der Waals surface area contributed by atoms with Crippen LogP contribution in [-0.2, 0) is 13.1 Å². The van der Waals surface area contributed by atoms with Crippen molar-refractivity contribution in [3.8, 4) is 39.4 Å². The van der Waals surface area contributed by atoms with Crippen LogP contribution in [-0.4, -0.2) is 0 Å². The van der Waals surface area contributed by atoms with E-state index < -0.39 is 0 Å². The molecule has 2 aliphatic rings. The van der Waals surface area contributed by atoms with Crippen molar-refractivity contribution >= 4 is 5.69 Å². The van der Waals surface area contributed by atoms with E-state index in [-0.39, 0.29) is 0 Å². The van der Waals surface area contributed by atoms with Gasteiger partial charge < -0.3 is 4.90 Å². The Balaban J connectivity index is 1.58. The summed E-state index contributed by atoms with van der Waals surface area (Å²) in [5.74, 6) is 0. The Kier molecular flexibility index (Phi) is 3.39. The van der Waals surface area contributed by atoms with Gasteiger partial charge in [0.2, 0.25) is 0 Å². The Morgan fingerprint density at radius 1 is 0.621 bits per heavy atom. The van der Waals surface area contributed by atoms with Crippen molar-refractivity contribution in [1.29, 1.82) is 5.26 Å². The van der Waals surface area contributed by atoms with E-state index >= 15 is 0 Å². The molecule has 0 saturated carbocycles. The molecule has 0 atom stereocenters. The molecule has 6 rings (SSSR count). The van der Waals surface area contributed by atoms with Gasteiger partial charge in [-0.1, -0.05) is 72.8 Å². The van der Waals surface area contributed by atoms with Gasteiger partial charge in [0.25, 0.3) is 0 Å². The topological polar surface area (TPSA) is 27.0 Å². The van der Waals surface area contributed by atoms with Gasteiger partial charge in [-0.3, -0.25) is 0 Å². The molecule has 4 aromatic rings. The van der Waals surface area contributed by atoms with Gasteiger partial charge in [-0.15, -0.1) is 0 Å². The molecular weight excluding hydrogens is 352 g/mol. The number of anilines is 1. The first kappa shape index (κ1) is 16.2. The van der Waals surface area contributed by atoms with Crippen LogP contribution in [0.5, 0.6) is 0 Å². The third-order valence-electron chi connectivity index (χ3n) is 6.14. The van der Waals surface area contributed by atoms with Gasteiger partial charge in [-0.05, 0) is 45.5 Å². The number of hydrogen-bond donors (Lipinski definition) is 0. The monoisotopic (exact) mass is 370 g/mol. The Hall–Kier alpha value is -3.83. The molecular formula is C27H18N2. The highest BCUT2D eigenvalue weighted by Gasteiger charge is 2.29. The molecule has 2 nitrogen and oxygen atoms in total. The van der Waals surface area contributed by atoms with Gasteiger partial charge in [0, 0.05) is 24.2 Å². The van der Waals surface area contributed by atoms with Crippen LogP contribution in [0.3, 0.4) is 0 Å². The third-order valence-corrected chi connectivity index (χ3v) is 6.14. The minimum atomic E-state index is 0.717. The van der Waals surface area contributed by atoms with Gasteiger partial charge in [0.15, 0.2) is 0 Å². The third kappa shape index (κ3) is 2.35. The van der Waals surface area contributed by atoms with Crippen molar-refractivity contribution in [3.63, 3.8) is 0 Å². The van der Waals surface area contributed by atoms with E-state index in [0.29, 0.717) is 5.56 Å². The Labute approximate surface area is 170 Å². The molecule has 2 aliphatic heterocycles. The number of benzene rings is 4. The summed E-state index contributed by atoms with van der Waals surface area (Å²) >= 11 is 0. The second-order valence-corrected chi connectivity index (χ2v) is 7.74. The van der Waals surface area contributed by atoms with Crippen LogP contribution < -0.4 is 4.90 Å². The average Bonchev–Trinajstić information content (AvgIpc) is 2.79. The summed E-state index contributed by atoms with van der Waals surface area (Å²) < 4.78 is 0. The van der Waals surface area contributed by atoms with Crippen molar-refractivity contribution in [2.24, 2.45) is 0 Å². The van der Waals surface area contributed by atoms with Crippen LogP contribution in [0.2, 0.25) is 0 Å². The van der Waals surface area contributed by atoms with Crippen LogP contribution in [0, 0.1) is 11.3 Å². The zero-order chi connectivity index (χ0) is 19.4. The van der Waals surface area contributed by atoms with Crippen LogP contribution in [0.25, 0.3) is 33.4 Å². The van der Waals surface area contributed by atoms with Gasteiger partial charge in [-0.2, -0.15) is 5.26 Å². The lowest BCUT2D eigenvalue weighted by Gasteiger charge is -2.38. The van der Waals surface area contributed by atoms with Gasteiger partial charge in [-0.25, -0.2) is 0 Å². The van der Waals surface area contributed by atoms with E-state index in [2.05, 4.69) is 71.6 Å². The molecule has 0 radical (unpaired) electrons. The van der Waals surface area contributed by atoms with E-state index in [9.17, 15) is 5.26 Å². The molecule has 0 amide bonds. The number of para-hydroxylation sites is 1. The maximum atomic E-state index is 9.52. The molecule has 0 fully saturated rings. The molecule has 2 heterocycles. The molecule has 0 aliphatic carbocycles. The minimum absolute atomic E-state index is 0.717. The second kappa shape index (κ2) is 6.09. The predicted octanol–water partition coefficient (Wildman–Crippen LogP) is 6.39. The predicted molar refractivity (Wildman–Crippen MR) is 117 cm³/mol. The average molecular weight is 370 g/mol. The van der Waals surface area contributed by atoms with Gasteiger partial charge >= 0.3 is 0 Å². The SMILES string of the molecule is N#Cc1ccccc1-c1ccc2c(c1)-c1cccc3c1N(Cc1ccccc1-3)C2. The van der Waals surface area contributed by atoms with Crippen molar-refractivity contribution in [1.82, 2.24) is 0 Å². The highest BCUT2D eigenvalue weighted by Crippen LogP contribution is 2.49. The van der Waals surface area contributed by atoms with Crippen molar-refractivity contribution in [2.75, 3.05) is 4.90 Å². The molecule has 0 N–H and O–H groups in total. The highest BCUT2D eigenvalue weighted by molar-refractivity contribution is 5.97. The lowest BCUT2D eigenvalue weighted by molar-refractivity contribution is 0.785. The zero-order valence-electron chi connectivity index (χ0n) is 15.9. The molecule has 2 heteroatoms. The van der Waals surface area contributed by atoms with Crippen LogP contribution >= 0.6 is 0 Å². The van der Waals surface area contributed by atoms with E-state index in [1.807, 2.05) is 24.3 Å². The summed E-state index contributed by atoms with van der Waals surface area (Å²) in [4.78, 5) is 2.50. The first-order chi connectivity index (χ1) is 14.3. The summed E-state index contributed by atoms with van der Waals surface area (Å²) in [5, 5.41) is 9.52. The Morgan fingerprint density at radius 3 is 2.10 bits per heavy atom. The first-order valence-electron chi connectivity index (χ1n) is 9.92. The van der Waals surface area contributed by atoms with Crippen molar-refractivity contribution in [3.05, 3.63) is 102 Å². The summed E-state index contributed by atoms with van der Waals surface area (Å²) in [6.45, 7) is 1.85. The lowest BCUT2D eigenvalue weighted by atomic mass is 9.83. The second-order valence-electron chi connectivity index (χ2n) is 7.74. The fraction of sp³-hybridized carbons (Fsp3) is 0.0741. The summed E-state index contributed by atoms with van der Waals surface area (Å²) in [6.07, 6.45) is 0. The number of rotatable bonds is 1. The molecule has 4 aromatic carbocycles.